The van der Waals surface area contributed by atoms with Gasteiger partial charge < -0.3 is 9.80 Å². The van der Waals surface area contributed by atoms with E-state index in [2.05, 4.69) is 64.2 Å². The molecule has 0 saturated carbocycles. The topological polar surface area (TPSA) is 40.6 Å². The Bertz CT molecular complexity index is 1500. The van der Waals surface area contributed by atoms with Gasteiger partial charge in [0.15, 0.2) is 0 Å². The number of nitrogens with zero attached hydrogens (tertiary/aromatic N) is 2. The Morgan fingerprint density at radius 2 is 0.947 bits per heavy atom. The van der Waals surface area contributed by atoms with Gasteiger partial charge in [0.25, 0.3) is 0 Å². The molecule has 0 aromatic heterocycles. The van der Waals surface area contributed by atoms with E-state index in [0.29, 0.717) is 25.9 Å². The second-order valence-electron chi connectivity index (χ2n) is 15.5. The fraction of sp³-hybridized carbons (Fsp3) is 0.542. The number of hydrogen-bond acceptors (Lipinski definition) is 2. The number of benzene rings is 2. The molecule has 2 aromatic rings. The van der Waals surface area contributed by atoms with Crippen LogP contribution in [0, 0.1) is 58.4 Å². The van der Waals surface area contributed by atoms with Crippen LogP contribution in [0.25, 0.3) is 0 Å². The Hall–Kier alpha value is -3.23. The molecule has 9 heteroatoms. The number of carbonyl (C=O) groups is 2. The van der Waals surface area contributed by atoms with Crippen molar-refractivity contribution in [3.8, 4) is 0 Å². The quantitative estimate of drug-likeness (QED) is 0.0732. The summed E-state index contributed by atoms with van der Waals surface area (Å²) in [6.07, 6.45) is 25.9. The summed E-state index contributed by atoms with van der Waals surface area (Å²) in [7, 11) is 0. The fourth-order valence-corrected chi connectivity index (χ4v) is 5.41. The molecular formula is C48H66F4N2O2Ti. The standard InChI is InChI=1S/2C18H26F2NO.2C6H7.Ti/c2*1-5-7-8-9-12-21(17(22)18(3,4)6-2)16-11-10-14(19)13-15(16)20;2*1-6-4-2-3-5-6;/h2*10-11H,5-9,12H2,1-4H3;2*2,4H,3H2,1H3;/q4*-1;+4. The summed E-state index contributed by atoms with van der Waals surface area (Å²) in [5.74, 6) is -3.40. The Kier molecular flexibility index (Phi) is 26.6. The van der Waals surface area contributed by atoms with E-state index in [1.54, 1.807) is 0 Å². The molecule has 2 aliphatic rings. The molecule has 2 aromatic carbocycles. The average molecular weight is 827 g/mol. The molecule has 57 heavy (non-hydrogen) atoms. The number of allylic oxidation sites excluding steroid dienone is 8. The van der Waals surface area contributed by atoms with Gasteiger partial charge in [0, 0.05) is 47.2 Å². The van der Waals surface area contributed by atoms with Crippen molar-refractivity contribution < 1.29 is 48.9 Å². The Balaban J connectivity index is 0.000000836. The van der Waals surface area contributed by atoms with Crippen molar-refractivity contribution in [1.29, 1.82) is 0 Å². The first-order valence-electron chi connectivity index (χ1n) is 20.3. The summed E-state index contributed by atoms with van der Waals surface area (Å²) in [6.45, 7) is 20.5. The molecule has 0 spiro atoms. The van der Waals surface area contributed by atoms with Gasteiger partial charge in [-0.25, -0.2) is 40.9 Å². The van der Waals surface area contributed by atoms with E-state index in [1.165, 1.54) is 33.1 Å². The minimum Gasteiger partial charge on any atom is -0.363 e. The molecule has 4 rings (SSSR count). The van der Waals surface area contributed by atoms with Crippen molar-refractivity contribution in [2.75, 3.05) is 22.9 Å². The molecule has 2 amide bonds. The van der Waals surface area contributed by atoms with E-state index in [9.17, 15) is 27.2 Å². The van der Waals surface area contributed by atoms with Gasteiger partial charge >= 0.3 is 21.7 Å². The minimum atomic E-state index is -0.809. The minimum absolute atomic E-state index is 0. The zero-order chi connectivity index (χ0) is 42.3. The van der Waals surface area contributed by atoms with Crippen LogP contribution in [-0.4, -0.2) is 24.9 Å². The van der Waals surface area contributed by atoms with Gasteiger partial charge in [0.05, 0.1) is 0 Å². The molecule has 2 aliphatic carbocycles. The molecule has 0 fully saturated rings. The van der Waals surface area contributed by atoms with Crippen LogP contribution in [0.3, 0.4) is 0 Å². The van der Waals surface area contributed by atoms with Crippen LogP contribution >= 0.6 is 0 Å². The predicted octanol–water partition coefficient (Wildman–Crippen LogP) is 13.6. The molecule has 0 heterocycles. The van der Waals surface area contributed by atoms with Crippen molar-refractivity contribution in [1.82, 2.24) is 0 Å². The largest absolute Gasteiger partial charge is 4.00 e. The third-order valence-electron chi connectivity index (χ3n) is 9.88. The molecule has 0 unspecified atom stereocenters. The Labute approximate surface area is 357 Å². The van der Waals surface area contributed by atoms with Crippen LogP contribution < -0.4 is 9.80 Å². The van der Waals surface area contributed by atoms with E-state index in [4.69, 9.17) is 0 Å². The number of anilines is 2. The molecule has 0 radical (unpaired) electrons. The van der Waals surface area contributed by atoms with Crippen LogP contribution in [0.4, 0.5) is 28.9 Å². The summed E-state index contributed by atoms with van der Waals surface area (Å²) >= 11 is 0. The zero-order valence-corrected chi connectivity index (χ0v) is 37.8. The average Bonchev–Trinajstić information content (AvgIpc) is 3.86. The summed E-state index contributed by atoms with van der Waals surface area (Å²) in [4.78, 5) is 28.4. The van der Waals surface area contributed by atoms with Gasteiger partial charge in [-0.15, -0.1) is 49.2 Å². The van der Waals surface area contributed by atoms with Crippen LogP contribution in [0.2, 0.25) is 0 Å². The second kappa shape index (κ2) is 28.2. The second-order valence-corrected chi connectivity index (χ2v) is 15.5. The first-order chi connectivity index (χ1) is 26.4. The van der Waals surface area contributed by atoms with Crippen molar-refractivity contribution in [3.05, 3.63) is 107 Å². The van der Waals surface area contributed by atoms with Gasteiger partial charge in [-0.3, -0.25) is 21.7 Å². The molecule has 0 saturated heterocycles. The normalized spacial score (nSPS) is 12.8. The molecule has 312 valence electrons. The van der Waals surface area contributed by atoms with E-state index < -0.39 is 34.1 Å². The first-order valence-corrected chi connectivity index (χ1v) is 20.3. The van der Waals surface area contributed by atoms with E-state index in [0.717, 1.165) is 76.3 Å². The Morgan fingerprint density at radius 3 is 1.18 bits per heavy atom. The third-order valence-corrected chi connectivity index (χ3v) is 9.88. The number of unbranched alkanes of at least 4 members (excludes halogenated alkanes) is 6. The molecular weight excluding hydrogens is 760 g/mol. The van der Waals surface area contributed by atoms with Gasteiger partial charge in [-0.05, 0) is 37.1 Å². The van der Waals surface area contributed by atoms with E-state index in [1.807, 2.05) is 53.7 Å². The summed E-state index contributed by atoms with van der Waals surface area (Å²) in [6, 6.07) is 8.97. The van der Waals surface area contributed by atoms with Crippen LogP contribution in [0.5, 0.6) is 0 Å². The molecule has 0 aliphatic heterocycles. The summed E-state index contributed by atoms with van der Waals surface area (Å²) in [5.41, 5.74) is 1.62. The Morgan fingerprint density at radius 1 is 0.596 bits per heavy atom. The SMILES string of the molecule is CC1=[C-]CC=C1.CC1=[C-]CC=C1.CCCCCCN(C(=O)C(C)(C)CC)c1ccc(F)[c-]c1F.CCCCCCN(C(=O)C(C)(C)CC)c1ccc(F)[c-]c1F.[Ti+4]. The molecule has 0 bridgehead atoms. The molecule has 0 atom stereocenters. The van der Waals surface area contributed by atoms with Crippen LogP contribution in [0.15, 0.2) is 59.7 Å². The molecule has 0 N–H and O–H groups in total. The maximum atomic E-state index is 14.0. The monoisotopic (exact) mass is 826 g/mol. The number of amides is 2. The van der Waals surface area contributed by atoms with Crippen molar-refractivity contribution in [3.63, 3.8) is 0 Å². The fourth-order valence-electron chi connectivity index (χ4n) is 5.41. The van der Waals surface area contributed by atoms with Gasteiger partial charge in [0.2, 0.25) is 11.8 Å². The van der Waals surface area contributed by atoms with E-state index >= 15 is 0 Å². The number of carbonyl (C=O) groups excluding carboxylic acids is 2. The van der Waals surface area contributed by atoms with Gasteiger partial charge in [0.1, 0.15) is 0 Å². The number of halogens is 4. The summed E-state index contributed by atoms with van der Waals surface area (Å²) < 4.78 is 54.2. The zero-order valence-electron chi connectivity index (χ0n) is 36.2. The van der Waals surface area contributed by atoms with Crippen LogP contribution in [0.1, 0.15) is 146 Å². The first kappa shape index (κ1) is 53.8. The van der Waals surface area contributed by atoms with Crippen molar-refractivity contribution in [2.45, 2.75) is 146 Å². The van der Waals surface area contributed by atoms with E-state index in [-0.39, 0.29) is 44.9 Å². The smallest absolute Gasteiger partial charge is 0.363 e. The van der Waals surface area contributed by atoms with Gasteiger partial charge in [-0.1, -0.05) is 108 Å². The summed E-state index contributed by atoms with van der Waals surface area (Å²) in [5, 5.41) is 0. The number of rotatable bonds is 16. The van der Waals surface area contributed by atoms with Crippen LogP contribution in [-0.2, 0) is 31.3 Å². The van der Waals surface area contributed by atoms with Crippen molar-refractivity contribution in [2.24, 2.45) is 10.8 Å². The van der Waals surface area contributed by atoms with Gasteiger partial charge in [-0.2, -0.15) is 12.2 Å². The van der Waals surface area contributed by atoms with Crippen molar-refractivity contribution >= 4 is 23.2 Å². The predicted molar refractivity (Wildman–Crippen MR) is 224 cm³/mol. The number of hydrogen-bond donors (Lipinski definition) is 0. The third kappa shape index (κ3) is 19.9. The maximum Gasteiger partial charge on any atom is 4.00 e. The molecule has 4 nitrogen and oxygen atoms in total. The maximum absolute atomic E-state index is 14.0.